The van der Waals surface area contributed by atoms with E-state index in [2.05, 4.69) is 11.0 Å². The van der Waals surface area contributed by atoms with E-state index in [9.17, 15) is 18.0 Å². The molecule has 190 valence electrons. The summed E-state index contributed by atoms with van der Waals surface area (Å²) in [6, 6.07) is 12.9. The van der Waals surface area contributed by atoms with Gasteiger partial charge in [-0.2, -0.15) is 13.2 Å². The molecule has 1 aliphatic rings. The van der Waals surface area contributed by atoms with Crippen molar-refractivity contribution in [1.82, 2.24) is 4.90 Å². The molecule has 3 rings (SSSR count). The highest BCUT2D eigenvalue weighted by molar-refractivity contribution is 5.75. The highest BCUT2D eigenvalue weighted by Gasteiger charge is 2.30. The first-order valence-corrected chi connectivity index (χ1v) is 11.9. The SMILES string of the molecule is CCOC(=O)C(Cc1ccc(OCCN2CC=C(c3ccc(C(F)(F)F)cc3)CC2)cc1)OCC. The second-order valence-electron chi connectivity index (χ2n) is 8.25. The largest absolute Gasteiger partial charge is 0.492 e. The maximum Gasteiger partial charge on any atom is 0.416 e. The van der Waals surface area contributed by atoms with Crippen LogP contribution in [0.25, 0.3) is 5.57 Å². The van der Waals surface area contributed by atoms with E-state index in [-0.39, 0.29) is 5.97 Å². The maximum atomic E-state index is 12.8. The van der Waals surface area contributed by atoms with Crippen LogP contribution >= 0.6 is 0 Å². The summed E-state index contributed by atoms with van der Waals surface area (Å²) in [5, 5.41) is 0. The molecule has 2 aromatic rings. The number of alkyl halides is 3. The fourth-order valence-corrected chi connectivity index (χ4v) is 3.92. The van der Waals surface area contributed by atoms with Gasteiger partial charge in [-0.05, 0) is 61.2 Å². The van der Waals surface area contributed by atoms with Crippen molar-refractivity contribution >= 4 is 11.5 Å². The zero-order valence-corrected chi connectivity index (χ0v) is 20.1. The van der Waals surface area contributed by atoms with Crippen molar-refractivity contribution in [2.75, 3.05) is 39.5 Å². The Bertz CT molecular complexity index is 971. The Morgan fingerprint density at radius 3 is 2.31 bits per heavy atom. The van der Waals surface area contributed by atoms with Gasteiger partial charge >= 0.3 is 12.1 Å². The molecule has 1 heterocycles. The van der Waals surface area contributed by atoms with Crippen molar-refractivity contribution in [3.63, 3.8) is 0 Å². The molecule has 0 radical (unpaired) electrons. The predicted molar refractivity (Wildman–Crippen MR) is 128 cm³/mol. The Labute approximate surface area is 204 Å². The number of carbonyl (C=O) groups is 1. The van der Waals surface area contributed by atoms with Crippen molar-refractivity contribution in [3.05, 3.63) is 71.3 Å². The van der Waals surface area contributed by atoms with Gasteiger partial charge in [-0.1, -0.05) is 30.3 Å². The average Bonchev–Trinajstić information content (AvgIpc) is 2.85. The topological polar surface area (TPSA) is 48.0 Å². The molecule has 0 aliphatic carbocycles. The van der Waals surface area contributed by atoms with Crippen molar-refractivity contribution in [1.29, 1.82) is 0 Å². The molecular weight excluding hydrogens is 459 g/mol. The lowest BCUT2D eigenvalue weighted by Crippen LogP contribution is -2.32. The summed E-state index contributed by atoms with van der Waals surface area (Å²) < 4.78 is 54.7. The Balaban J connectivity index is 1.44. The normalized spacial score (nSPS) is 15.4. The summed E-state index contributed by atoms with van der Waals surface area (Å²) in [5.41, 5.74) is 2.24. The molecule has 5 nitrogen and oxygen atoms in total. The van der Waals surface area contributed by atoms with Gasteiger partial charge in [-0.3, -0.25) is 4.90 Å². The molecule has 0 amide bonds. The lowest BCUT2D eigenvalue weighted by Gasteiger charge is -2.26. The first-order valence-electron chi connectivity index (χ1n) is 11.9. The van der Waals surface area contributed by atoms with Crippen molar-refractivity contribution < 1.29 is 32.2 Å². The van der Waals surface area contributed by atoms with Crippen molar-refractivity contribution in [3.8, 4) is 5.75 Å². The summed E-state index contributed by atoms with van der Waals surface area (Å²) >= 11 is 0. The average molecular weight is 492 g/mol. The summed E-state index contributed by atoms with van der Waals surface area (Å²) in [5.74, 6) is 0.391. The Morgan fingerprint density at radius 2 is 1.74 bits per heavy atom. The number of hydrogen-bond donors (Lipinski definition) is 0. The van der Waals surface area contributed by atoms with Gasteiger partial charge < -0.3 is 14.2 Å². The molecular formula is C27H32F3NO4. The summed E-state index contributed by atoms with van der Waals surface area (Å²) in [4.78, 5) is 14.3. The van der Waals surface area contributed by atoms with Crippen LogP contribution in [0.3, 0.4) is 0 Å². The summed E-state index contributed by atoms with van der Waals surface area (Å²) in [6.07, 6.45) is -1.65. The van der Waals surface area contributed by atoms with E-state index in [0.29, 0.717) is 26.2 Å². The second kappa shape index (κ2) is 12.7. The number of ether oxygens (including phenoxy) is 3. The predicted octanol–water partition coefficient (Wildman–Crippen LogP) is 5.38. The Hall–Kier alpha value is -2.84. The van der Waals surface area contributed by atoms with Crippen LogP contribution in [0.2, 0.25) is 0 Å². The van der Waals surface area contributed by atoms with Gasteiger partial charge in [0.05, 0.1) is 12.2 Å². The molecule has 0 saturated heterocycles. The summed E-state index contributed by atoms with van der Waals surface area (Å²) in [6.45, 7) is 7.18. The molecule has 2 aromatic carbocycles. The van der Waals surface area contributed by atoms with Gasteiger partial charge in [-0.25, -0.2) is 4.79 Å². The monoisotopic (exact) mass is 491 g/mol. The van der Waals surface area contributed by atoms with E-state index < -0.39 is 17.8 Å². The van der Waals surface area contributed by atoms with E-state index >= 15 is 0 Å². The highest BCUT2D eigenvalue weighted by Crippen LogP contribution is 2.31. The summed E-state index contributed by atoms with van der Waals surface area (Å²) in [7, 11) is 0. The third-order valence-corrected chi connectivity index (χ3v) is 5.81. The van der Waals surface area contributed by atoms with Gasteiger partial charge in [0.15, 0.2) is 6.10 Å². The van der Waals surface area contributed by atoms with Crippen LogP contribution in [-0.2, 0) is 26.9 Å². The van der Waals surface area contributed by atoms with E-state index in [1.54, 1.807) is 19.1 Å². The van der Waals surface area contributed by atoms with Crippen molar-refractivity contribution in [2.24, 2.45) is 0 Å². The third kappa shape index (κ3) is 8.11. The molecule has 0 fully saturated rings. The second-order valence-corrected chi connectivity index (χ2v) is 8.25. The first-order chi connectivity index (χ1) is 16.8. The smallest absolute Gasteiger partial charge is 0.416 e. The lowest BCUT2D eigenvalue weighted by molar-refractivity contribution is -0.156. The molecule has 0 aromatic heterocycles. The molecule has 0 bridgehead atoms. The molecule has 1 atom stereocenters. The van der Waals surface area contributed by atoms with Gasteiger partial charge in [0.1, 0.15) is 12.4 Å². The minimum atomic E-state index is -4.31. The van der Waals surface area contributed by atoms with Gasteiger partial charge in [0.2, 0.25) is 0 Å². The fourth-order valence-electron chi connectivity index (χ4n) is 3.92. The van der Waals surface area contributed by atoms with Crippen LogP contribution in [0, 0.1) is 0 Å². The number of rotatable bonds is 11. The molecule has 35 heavy (non-hydrogen) atoms. The van der Waals surface area contributed by atoms with E-state index in [0.717, 1.165) is 60.6 Å². The molecule has 1 unspecified atom stereocenters. The number of carbonyl (C=O) groups excluding carboxylic acids is 1. The number of esters is 1. The fraction of sp³-hybridized carbons (Fsp3) is 0.444. The maximum absolute atomic E-state index is 12.8. The number of benzene rings is 2. The van der Waals surface area contributed by atoms with E-state index in [1.165, 1.54) is 0 Å². The zero-order chi connectivity index (χ0) is 25.3. The minimum absolute atomic E-state index is 0.318. The third-order valence-electron chi connectivity index (χ3n) is 5.81. The highest BCUT2D eigenvalue weighted by atomic mass is 19.4. The Morgan fingerprint density at radius 1 is 1.03 bits per heavy atom. The first kappa shape index (κ1) is 26.8. The molecule has 0 N–H and O–H groups in total. The van der Waals surface area contributed by atoms with Crippen LogP contribution < -0.4 is 4.74 Å². The minimum Gasteiger partial charge on any atom is -0.492 e. The van der Waals surface area contributed by atoms with Gasteiger partial charge in [0, 0.05) is 32.7 Å². The number of nitrogens with zero attached hydrogens (tertiary/aromatic N) is 1. The van der Waals surface area contributed by atoms with Gasteiger partial charge in [0.25, 0.3) is 0 Å². The number of hydrogen-bond acceptors (Lipinski definition) is 5. The zero-order valence-electron chi connectivity index (χ0n) is 20.1. The van der Waals surface area contributed by atoms with Crippen LogP contribution in [0.1, 0.15) is 37.0 Å². The quantitative estimate of drug-likeness (QED) is 0.395. The standard InChI is InChI=1S/C27H32F3NO4/c1-3-33-25(26(32)34-4-2)19-20-5-11-24(12-6-20)35-18-17-31-15-13-22(14-16-31)21-7-9-23(10-8-21)27(28,29)30/h5-13,25H,3-4,14-19H2,1-2H3. The van der Waals surface area contributed by atoms with Crippen LogP contribution in [-0.4, -0.2) is 56.4 Å². The van der Waals surface area contributed by atoms with E-state index in [1.807, 2.05) is 31.2 Å². The number of halogens is 3. The molecule has 8 heteroatoms. The Kier molecular flexibility index (Phi) is 9.74. The molecule has 1 aliphatic heterocycles. The lowest BCUT2D eigenvalue weighted by atomic mass is 9.98. The molecule has 0 saturated carbocycles. The van der Waals surface area contributed by atoms with Crippen LogP contribution in [0.15, 0.2) is 54.6 Å². The molecule has 0 spiro atoms. The van der Waals surface area contributed by atoms with Crippen LogP contribution in [0.4, 0.5) is 13.2 Å². The van der Waals surface area contributed by atoms with E-state index in [4.69, 9.17) is 14.2 Å². The van der Waals surface area contributed by atoms with Gasteiger partial charge in [-0.15, -0.1) is 0 Å². The van der Waals surface area contributed by atoms with Crippen molar-refractivity contribution in [2.45, 2.75) is 39.0 Å². The van der Waals surface area contributed by atoms with Crippen LogP contribution in [0.5, 0.6) is 5.75 Å².